The van der Waals surface area contributed by atoms with Gasteiger partial charge in [0.15, 0.2) is 0 Å². The number of rotatable bonds is 13. The molecule has 4 N–H and O–H groups in total. The maximum Gasteiger partial charge on any atom is 0.328 e. The van der Waals surface area contributed by atoms with E-state index in [1.807, 2.05) is 12.1 Å². The fraction of sp³-hybridized carbons (Fsp3) is 0.545. The highest BCUT2D eigenvalue weighted by molar-refractivity contribution is 5.89. The van der Waals surface area contributed by atoms with Gasteiger partial charge in [-0.05, 0) is 42.9 Å². The van der Waals surface area contributed by atoms with Crippen LogP contribution < -0.4 is 10.1 Å². The molecule has 1 aromatic rings. The highest BCUT2D eigenvalue weighted by Crippen LogP contribution is 2.28. The van der Waals surface area contributed by atoms with Crippen LogP contribution in [0.2, 0.25) is 0 Å². The predicted octanol–water partition coefficient (Wildman–Crippen LogP) is 2.11. The van der Waals surface area contributed by atoms with E-state index in [9.17, 15) is 14.7 Å². The van der Waals surface area contributed by atoms with Crippen LogP contribution in [-0.4, -0.2) is 65.8 Å². The molecule has 1 aromatic carbocycles. The van der Waals surface area contributed by atoms with E-state index in [2.05, 4.69) is 31.3 Å². The SMILES string of the molecule is CC(C)NC[C@@H](O)COc1ccc(CCOCC2CC2)cc1.O=C(O)/C=C\C(=O)O. The van der Waals surface area contributed by atoms with Crippen molar-refractivity contribution in [3.8, 4) is 5.75 Å². The molecule has 0 bridgehead atoms. The average molecular weight is 424 g/mol. The Balaban J connectivity index is 0.000000479. The zero-order valence-corrected chi connectivity index (χ0v) is 17.6. The minimum Gasteiger partial charge on any atom is -0.491 e. The number of hydrogen-bond donors (Lipinski definition) is 4. The molecule has 0 amide bonds. The number of aliphatic carboxylic acids is 2. The summed E-state index contributed by atoms with van der Waals surface area (Å²) in [5.41, 5.74) is 1.25. The summed E-state index contributed by atoms with van der Waals surface area (Å²) in [4.78, 5) is 19.1. The standard InChI is InChI=1S/C18H29NO3.C4H4O4/c1-14(2)19-11-17(20)13-22-18-7-5-15(6-8-18)9-10-21-12-16-3-4-16;5-3(6)1-2-4(7)8/h5-8,14,16-17,19-20H,3-4,9-13H2,1-2H3;1-2H,(H,5,6)(H,7,8)/b;2-1-/t17-;/m1./s1. The van der Waals surface area contributed by atoms with E-state index in [1.54, 1.807) is 0 Å². The molecule has 0 radical (unpaired) electrons. The molecule has 0 unspecified atom stereocenters. The van der Waals surface area contributed by atoms with Gasteiger partial charge in [0.25, 0.3) is 0 Å². The van der Waals surface area contributed by atoms with Gasteiger partial charge in [-0.2, -0.15) is 0 Å². The lowest BCUT2D eigenvalue weighted by molar-refractivity contribution is -0.134. The summed E-state index contributed by atoms with van der Waals surface area (Å²) >= 11 is 0. The molecule has 30 heavy (non-hydrogen) atoms. The summed E-state index contributed by atoms with van der Waals surface area (Å²) in [6, 6.07) is 8.41. The number of ether oxygens (including phenoxy) is 2. The van der Waals surface area contributed by atoms with Gasteiger partial charge in [0, 0.05) is 31.3 Å². The predicted molar refractivity (Wildman–Crippen MR) is 113 cm³/mol. The van der Waals surface area contributed by atoms with Crippen LogP contribution in [0, 0.1) is 5.92 Å². The molecule has 1 aliphatic carbocycles. The minimum atomic E-state index is -1.26. The molecule has 0 heterocycles. The zero-order chi connectivity index (χ0) is 22.4. The lowest BCUT2D eigenvalue weighted by atomic mass is 10.1. The van der Waals surface area contributed by atoms with Crippen molar-refractivity contribution in [2.45, 2.75) is 45.3 Å². The van der Waals surface area contributed by atoms with Crippen molar-refractivity contribution >= 4 is 11.9 Å². The van der Waals surface area contributed by atoms with Gasteiger partial charge in [0.05, 0.1) is 6.61 Å². The average Bonchev–Trinajstić information content (AvgIpc) is 3.52. The molecule has 2 rings (SSSR count). The van der Waals surface area contributed by atoms with Gasteiger partial charge in [0.2, 0.25) is 0 Å². The third-order valence-corrected chi connectivity index (χ3v) is 4.08. The first-order valence-corrected chi connectivity index (χ1v) is 10.1. The Labute approximate surface area is 177 Å². The van der Waals surface area contributed by atoms with Crippen LogP contribution >= 0.6 is 0 Å². The number of carbonyl (C=O) groups is 2. The van der Waals surface area contributed by atoms with Crippen LogP contribution in [0.25, 0.3) is 0 Å². The highest BCUT2D eigenvalue weighted by Gasteiger charge is 2.20. The van der Waals surface area contributed by atoms with Crippen LogP contribution in [0.15, 0.2) is 36.4 Å². The van der Waals surface area contributed by atoms with Crippen LogP contribution in [0.3, 0.4) is 0 Å². The Bertz CT molecular complexity index is 638. The largest absolute Gasteiger partial charge is 0.491 e. The Hall–Kier alpha value is -2.42. The van der Waals surface area contributed by atoms with E-state index in [4.69, 9.17) is 19.7 Å². The van der Waals surface area contributed by atoms with E-state index >= 15 is 0 Å². The van der Waals surface area contributed by atoms with Gasteiger partial charge in [-0.3, -0.25) is 0 Å². The van der Waals surface area contributed by atoms with E-state index in [-0.39, 0.29) is 0 Å². The number of hydrogen-bond acceptors (Lipinski definition) is 6. The molecule has 0 aromatic heterocycles. The zero-order valence-electron chi connectivity index (χ0n) is 17.6. The molecule has 8 heteroatoms. The summed E-state index contributed by atoms with van der Waals surface area (Å²) in [5, 5.41) is 28.6. The van der Waals surface area contributed by atoms with Crippen molar-refractivity contribution in [2.24, 2.45) is 5.92 Å². The van der Waals surface area contributed by atoms with E-state index in [0.29, 0.717) is 31.3 Å². The summed E-state index contributed by atoms with van der Waals surface area (Å²) in [6.07, 6.45) is 4.24. The third-order valence-electron chi connectivity index (χ3n) is 4.08. The Kier molecular flexibility index (Phi) is 12.4. The molecule has 8 nitrogen and oxygen atoms in total. The first-order valence-electron chi connectivity index (χ1n) is 10.1. The molecule has 168 valence electrons. The van der Waals surface area contributed by atoms with Crippen LogP contribution in [0.1, 0.15) is 32.3 Å². The van der Waals surface area contributed by atoms with Crippen molar-refractivity contribution in [1.82, 2.24) is 5.32 Å². The smallest absolute Gasteiger partial charge is 0.328 e. The monoisotopic (exact) mass is 423 g/mol. The first-order chi connectivity index (χ1) is 14.3. The fourth-order valence-corrected chi connectivity index (χ4v) is 2.24. The number of carboxylic acids is 2. The van der Waals surface area contributed by atoms with Crippen LogP contribution in [0.4, 0.5) is 0 Å². The molecule has 0 spiro atoms. The number of benzene rings is 1. The number of aliphatic hydroxyl groups is 1. The van der Waals surface area contributed by atoms with Crippen molar-refractivity contribution in [3.05, 3.63) is 42.0 Å². The Morgan fingerprint density at radius 3 is 2.23 bits per heavy atom. The van der Waals surface area contributed by atoms with E-state index in [0.717, 1.165) is 31.3 Å². The molecule has 1 aliphatic rings. The number of carboxylic acid groups (broad SMARTS) is 2. The minimum absolute atomic E-state index is 0.309. The normalized spacial score (nSPS) is 14.3. The van der Waals surface area contributed by atoms with Gasteiger partial charge >= 0.3 is 11.9 Å². The Morgan fingerprint density at radius 2 is 1.73 bits per heavy atom. The second kappa shape index (κ2) is 14.5. The van der Waals surface area contributed by atoms with Crippen molar-refractivity contribution in [1.29, 1.82) is 0 Å². The van der Waals surface area contributed by atoms with Crippen LogP contribution in [0.5, 0.6) is 5.75 Å². The summed E-state index contributed by atoms with van der Waals surface area (Å²) in [6.45, 7) is 6.68. The maximum atomic E-state index is 9.80. The van der Waals surface area contributed by atoms with Gasteiger partial charge in [0.1, 0.15) is 18.5 Å². The van der Waals surface area contributed by atoms with Crippen molar-refractivity contribution in [3.63, 3.8) is 0 Å². The molecule has 1 atom stereocenters. The van der Waals surface area contributed by atoms with Gasteiger partial charge < -0.3 is 30.1 Å². The lowest BCUT2D eigenvalue weighted by Crippen LogP contribution is -2.35. The molecular formula is C22H33NO7. The number of aliphatic hydroxyl groups excluding tert-OH is 1. The molecule has 1 saturated carbocycles. The number of nitrogens with one attached hydrogen (secondary N) is 1. The quantitative estimate of drug-likeness (QED) is 0.281. The second-order valence-electron chi connectivity index (χ2n) is 7.45. The van der Waals surface area contributed by atoms with Gasteiger partial charge in [-0.15, -0.1) is 0 Å². The Morgan fingerprint density at radius 1 is 1.13 bits per heavy atom. The van der Waals surface area contributed by atoms with Gasteiger partial charge in [-0.1, -0.05) is 26.0 Å². The third kappa shape index (κ3) is 14.6. The second-order valence-corrected chi connectivity index (χ2v) is 7.45. The summed E-state index contributed by atoms with van der Waals surface area (Å²) < 4.78 is 11.2. The lowest BCUT2D eigenvalue weighted by Gasteiger charge is -2.15. The van der Waals surface area contributed by atoms with Crippen molar-refractivity contribution in [2.75, 3.05) is 26.4 Å². The highest BCUT2D eigenvalue weighted by atomic mass is 16.5. The maximum absolute atomic E-state index is 9.80. The molecule has 0 aliphatic heterocycles. The summed E-state index contributed by atoms with van der Waals surface area (Å²) in [7, 11) is 0. The van der Waals surface area contributed by atoms with E-state index in [1.165, 1.54) is 18.4 Å². The van der Waals surface area contributed by atoms with E-state index < -0.39 is 18.0 Å². The molecule has 1 fully saturated rings. The fourth-order valence-electron chi connectivity index (χ4n) is 2.24. The molecular weight excluding hydrogens is 390 g/mol. The van der Waals surface area contributed by atoms with Crippen molar-refractivity contribution < 1.29 is 34.4 Å². The summed E-state index contributed by atoms with van der Waals surface area (Å²) in [5.74, 6) is -0.890. The first kappa shape index (κ1) is 25.6. The molecule has 0 saturated heterocycles. The van der Waals surface area contributed by atoms with Crippen LogP contribution in [-0.2, 0) is 20.7 Å². The topological polar surface area (TPSA) is 125 Å². The van der Waals surface area contributed by atoms with Gasteiger partial charge in [-0.25, -0.2) is 9.59 Å².